The number of fused-ring (bicyclic) bond motifs is 1. The van der Waals surface area contributed by atoms with Crippen LogP contribution in [0.5, 0.6) is 0 Å². The Morgan fingerprint density at radius 3 is 2.90 bits per heavy atom. The molecule has 0 radical (unpaired) electrons. The second-order valence-corrected chi connectivity index (χ2v) is 6.23. The van der Waals surface area contributed by atoms with E-state index < -0.39 is 0 Å². The Morgan fingerprint density at radius 2 is 2.15 bits per heavy atom. The minimum absolute atomic E-state index is 0.202. The van der Waals surface area contributed by atoms with Crippen molar-refractivity contribution in [3.8, 4) is 0 Å². The fraction of sp³-hybridized carbons (Fsp3) is 0.562. The van der Waals surface area contributed by atoms with E-state index in [-0.39, 0.29) is 11.9 Å². The van der Waals surface area contributed by atoms with Gasteiger partial charge in [-0.05, 0) is 50.3 Å². The van der Waals surface area contributed by atoms with Crippen molar-refractivity contribution >= 4 is 11.0 Å². The maximum Gasteiger partial charge on any atom is 0.151 e. The summed E-state index contributed by atoms with van der Waals surface area (Å²) in [4.78, 5) is 4.67. The summed E-state index contributed by atoms with van der Waals surface area (Å²) < 4.78 is 16.3. The highest BCUT2D eigenvalue weighted by Crippen LogP contribution is 2.42. The number of imidazole rings is 1. The first-order valence-corrected chi connectivity index (χ1v) is 7.65. The molecule has 20 heavy (non-hydrogen) atoms. The summed E-state index contributed by atoms with van der Waals surface area (Å²) in [7, 11) is 0. The molecule has 1 aliphatic heterocycles. The molecule has 1 saturated heterocycles. The van der Waals surface area contributed by atoms with Crippen molar-refractivity contribution < 1.29 is 4.39 Å². The molecule has 4 rings (SSSR count). The van der Waals surface area contributed by atoms with E-state index in [0.717, 1.165) is 17.9 Å². The normalized spacial score (nSPS) is 27.1. The fourth-order valence-electron chi connectivity index (χ4n) is 3.43. The van der Waals surface area contributed by atoms with Crippen LogP contribution in [0.4, 0.5) is 4.39 Å². The number of hydrogen-bond acceptors (Lipinski definition) is 2. The van der Waals surface area contributed by atoms with Crippen molar-refractivity contribution in [3.05, 3.63) is 29.8 Å². The highest BCUT2D eigenvalue weighted by atomic mass is 19.1. The highest BCUT2D eigenvalue weighted by Gasteiger charge is 2.34. The molecule has 2 atom stereocenters. The lowest BCUT2D eigenvalue weighted by Gasteiger charge is -2.30. The first kappa shape index (κ1) is 12.3. The number of nitrogens with one attached hydrogen (secondary N) is 1. The van der Waals surface area contributed by atoms with Crippen LogP contribution in [0.1, 0.15) is 50.5 Å². The lowest BCUT2D eigenvalue weighted by molar-refractivity contribution is 0.289. The van der Waals surface area contributed by atoms with Gasteiger partial charge in [0.15, 0.2) is 5.82 Å². The average molecular weight is 273 g/mol. The van der Waals surface area contributed by atoms with Crippen LogP contribution in [0.15, 0.2) is 18.2 Å². The van der Waals surface area contributed by atoms with E-state index in [4.69, 9.17) is 0 Å². The first-order chi connectivity index (χ1) is 9.75. The van der Waals surface area contributed by atoms with E-state index in [9.17, 15) is 4.39 Å². The highest BCUT2D eigenvalue weighted by molar-refractivity contribution is 5.77. The Bertz CT molecular complexity index is 644. The smallest absolute Gasteiger partial charge is 0.151 e. The fourth-order valence-corrected chi connectivity index (χ4v) is 3.43. The molecule has 2 fully saturated rings. The standard InChI is InChI=1S/C16H20FN3/c1-10-4-3-9-18-14(10)16-19-15-12(17)5-2-6-13(15)20(16)11-7-8-11/h2,5-6,10-11,14,18H,3-4,7-9H2,1H3. The van der Waals surface area contributed by atoms with Gasteiger partial charge in [0.2, 0.25) is 0 Å². The van der Waals surface area contributed by atoms with Gasteiger partial charge in [0, 0.05) is 6.04 Å². The summed E-state index contributed by atoms with van der Waals surface area (Å²) in [5, 5.41) is 3.58. The monoisotopic (exact) mass is 273 g/mol. The molecule has 2 unspecified atom stereocenters. The molecule has 1 aromatic carbocycles. The Morgan fingerprint density at radius 1 is 1.30 bits per heavy atom. The van der Waals surface area contributed by atoms with E-state index in [1.807, 2.05) is 6.07 Å². The summed E-state index contributed by atoms with van der Waals surface area (Å²) in [6.07, 6.45) is 4.82. The summed E-state index contributed by atoms with van der Waals surface area (Å²) in [5.41, 5.74) is 1.50. The molecular weight excluding hydrogens is 253 g/mol. The minimum atomic E-state index is -0.202. The number of para-hydroxylation sites is 1. The van der Waals surface area contributed by atoms with Crippen molar-refractivity contribution in [2.24, 2.45) is 5.92 Å². The molecule has 0 amide bonds. The van der Waals surface area contributed by atoms with Crippen molar-refractivity contribution in [1.82, 2.24) is 14.9 Å². The maximum absolute atomic E-state index is 14.0. The molecule has 1 aliphatic carbocycles. The predicted molar refractivity (Wildman–Crippen MR) is 77.1 cm³/mol. The van der Waals surface area contributed by atoms with Crippen molar-refractivity contribution in [2.75, 3.05) is 6.54 Å². The van der Waals surface area contributed by atoms with Crippen LogP contribution in [0.3, 0.4) is 0 Å². The van der Waals surface area contributed by atoms with E-state index in [2.05, 4.69) is 21.8 Å². The van der Waals surface area contributed by atoms with Gasteiger partial charge in [-0.3, -0.25) is 0 Å². The Hall–Kier alpha value is -1.42. The zero-order chi connectivity index (χ0) is 13.7. The van der Waals surface area contributed by atoms with E-state index in [1.54, 1.807) is 6.07 Å². The molecule has 0 bridgehead atoms. The van der Waals surface area contributed by atoms with Crippen molar-refractivity contribution in [1.29, 1.82) is 0 Å². The number of halogens is 1. The topological polar surface area (TPSA) is 29.9 Å². The lowest BCUT2D eigenvalue weighted by Crippen LogP contribution is -2.34. The molecule has 106 valence electrons. The van der Waals surface area contributed by atoms with Crippen LogP contribution in [0, 0.1) is 11.7 Å². The van der Waals surface area contributed by atoms with Gasteiger partial charge in [-0.1, -0.05) is 13.0 Å². The van der Waals surface area contributed by atoms with E-state index in [1.165, 1.54) is 31.7 Å². The Labute approximate surface area is 118 Å². The van der Waals surface area contributed by atoms with Crippen molar-refractivity contribution in [3.63, 3.8) is 0 Å². The Kier molecular flexibility index (Phi) is 2.81. The molecular formula is C16H20FN3. The third-order valence-electron chi connectivity index (χ3n) is 4.66. The van der Waals surface area contributed by atoms with Gasteiger partial charge in [0.1, 0.15) is 11.3 Å². The largest absolute Gasteiger partial charge is 0.323 e. The first-order valence-electron chi connectivity index (χ1n) is 7.65. The molecule has 0 spiro atoms. The predicted octanol–water partition coefficient (Wildman–Crippen LogP) is 3.57. The number of benzene rings is 1. The number of aromatic nitrogens is 2. The number of rotatable bonds is 2. The summed E-state index contributed by atoms with van der Waals surface area (Å²) in [6.45, 7) is 3.30. The summed E-state index contributed by atoms with van der Waals surface area (Å²) >= 11 is 0. The van der Waals surface area contributed by atoms with Gasteiger partial charge in [0.05, 0.1) is 11.6 Å². The molecule has 2 aromatic rings. The lowest BCUT2D eigenvalue weighted by atomic mass is 9.92. The minimum Gasteiger partial charge on any atom is -0.323 e. The second-order valence-electron chi connectivity index (χ2n) is 6.23. The van der Waals surface area contributed by atoms with Gasteiger partial charge >= 0.3 is 0 Å². The van der Waals surface area contributed by atoms with Gasteiger partial charge in [0.25, 0.3) is 0 Å². The average Bonchev–Trinajstić information content (AvgIpc) is 3.20. The zero-order valence-corrected chi connectivity index (χ0v) is 11.8. The number of piperidine rings is 1. The molecule has 4 heteroatoms. The van der Waals surface area contributed by atoms with Crippen molar-refractivity contribution in [2.45, 2.75) is 44.7 Å². The Balaban J connectivity index is 1.89. The summed E-state index contributed by atoms with van der Waals surface area (Å²) in [6, 6.07) is 6.08. The van der Waals surface area contributed by atoms with Crippen LogP contribution in [-0.2, 0) is 0 Å². The molecule has 1 aromatic heterocycles. The third-order valence-corrected chi connectivity index (χ3v) is 4.66. The summed E-state index contributed by atoms with van der Waals surface area (Å²) in [5.74, 6) is 1.40. The van der Waals surface area contributed by atoms with Gasteiger partial charge in [-0.2, -0.15) is 0 Å². The second kappa shape index (κ2) is 4.55. The van der Waals surface area contributed by atoms with Crippen LogP contribution in [0.25, 0.3) is 11.0 Å². The SMILES string of the molecule is CC1CCCNC1c1nc2c(F)cccc2n1C1CC1. The third kappa shape index (κ3) is 1.85. The van der Waals surface area contributed by atoms with Crippen LogP contribution in [0.2, 0.25) is 0 Å². The van der Waals surface area contributed by atoms with Crippen LogP contribution < -0.4 is 5.32 Å². The number of hydrogen-bond donors (Lipinski definition) is 1. The van der Waals surface area contributed by atoms with Crippen LogP contribution >= 0.6 is 0 Å². The quantitative estimate of drug-likeness (QED) is 0.906. The molecule has 3 nitrogen and oxygen atoms in total. The molecule has 1 saturated carbocycles. The number of nitrogens with zero attached hydrogens (tertiary/aromatic N) is 2. The van der Waals surface area contributed by atoms with E-state index in [0.29, 0.717) is 17.5 Å². The molecule has 1 N–H and O–H groups in total. The molecule has 2 aliphatic rings. The van der Waals surface area contributed by atoms with Gasteiger partial charge < -0.3 is 9.88 Å². The maximum atomic E-state index is 14.0. The van der Waals surface area contributed by atoms with E-state index >= 15 is 0 Å². The van der Waals surface area contributed by atoms with Gasteiger partial charge in [-0.25, -0.2) is 9.37 Å². The van der Waals surface area contributed by atoms with Gasteiger partial charge in [-0.15, -0.1) is 0 Å². The molecule has 2 heterocycles. The zero-order valence-electron chi connectivity index (χ0n) is 11.8. The van der Waals surface area contributed by atoms with Crippen LogP contribution in [-0.4, -0.2) is 16.1 Å².